The Labute approximate surface area is 113 Å². The molecule has 0 fully saturated rings. The highest BCUT2D eigenvalue weighted by Crippen LogP contribution is 2.13. The van der Waals surface area contributed by atoms with Crippen LogP contribution in [0.4, 0.5) is 5.82 Å². The molecule has 1 aromatic heterocycles. The summed E-state index contributed by atoms with van der Waals surface area (Å²) in [5, 5.41) is 9.17. The summed E-state index contributed by atoms with van der Waals surface area (Å²) in [6.07, 6.45) is 1.69. The van der Waals surface area contributed by atoms with Crippen molar-refractivity contribution in [1.82, 2.24) is 9.88 Å². The van der Waals surface area contributed by atoms with Crippen LogP contribution in [0.1, 0.15) is 11.1 Å². The standard InChI is InChI=1S/C15H19N3O/c16-15-14(7-4-8-17-15)12-18(9-10-19)11-13-5-2-1-3-6-13/h1-8,19H,9-12H2,(H2,16,17). The van der Waals surface area contributed by atoms with E-state index in [0.717, 1.165) is 12.1 Å². The summed E-state index contributed by atoms with van der Waals surface area (Å²) in [6, 6.07) is 14.0. The molecule has 2 rings (SSSR count). The third-order valence-corrected chi connectivity index (χ3v) is 2.99. The van der Waals surface area contributed by atoms with E-state index in [2.05, 4.69) is 22.0 Å². The van der Waals surface area contributed by atoms with Crippen molar-refractivity contribution >= 4 is 5.82 Å². The molecule has 0 radical (unpaired) electrons. The van der Waals surface area contributed by atoms with Gasteiger partial charge in [-0.2, -0.15) is 0 Å². The number of hydrogen-bond donors (Lipinski definition) is 2. The predicted octanol–water partition coefficient (Wildman–Crippen LogP) is 1.66. The van der Waals surface area contributed by atoms with Gasteiger partial charge in [-0.3, -0.25) is 4.90 Å². The topological polar surface area (TPSA) is 62.4 Å². The van der Waals surface area contributed by atoms with Crippen LogP contribution in [0, 0.1) is 0 Å². The monoisotopic (exact) mass is 257 g/mol. The van der Waals surface area contributed by atoms with Crippen molar-refractivity contribution in [3.8, 4) is 0 Å². The molecular formula is C15H19N3O. The van der Waals surface area contributed by atoms with Crippen molar-refractivity contribution in [3.63, 3.8) is 0 Å². The summed E-state index contributed by atoms with van der Waals surface area (Å²) in [6.45, 7) is 2.22. The van der Waals surface area contributed by atoms with Gasteiger partial charge in [0.15, 0.2) is 0 Å². The zero-order chi connectivity index (χ0) is 13.5. The molecule has 0 saturated carbocycles. The van der Waals surface area contributed by atoms with Crippen LogP contribution in [-0.4, -0.2) is 28.1 Å². The average Bonchev–Trinajstić information content (AvgIpc) is 2.43. The quantitative estimate of drug-likeness (QED) is 0.826. The van der Waals surface area contributed by atoms with Crippen LogP contribution in [0.2, 0.25) is 0 Å². The molecule has 4 heteroatoms. The molecule has 0 saturated heterocycles. The second kappa shape index (κ2) is 6.87. The highest BCUT2D eigenvalue weighted by Gasteiger charge is 2.08. The fourth-order valence-corrected chi connectivity index (χ4v) is 2.02. The van der Waals surface area contributed by atoms with Crippen LogP contribution in [0.15, 0.2) is 48.7 Å². The van der Waals surface area contributed by atoms with E-state index in [1.165, 1.54) is 5.56 Å². The molecule has 2 aromatic rings. The normalized spacial score (nSPS) is 10.8. The maximum Gasteiger partial charge on any atom is 0.127 e. The van der Waals surface area contributed by atoms with Gasteiger partial charge in [0, 0.05) is 31.4 Å². The van der Waals surface area contributed by atoms with Crippen molar-refractivity contribution in [2.24, 2.45) is 0 Å². The van der Waals surface area contributed by atoms with Crippen molar-refractivity contribution < 1.29 is 5.11 Å². The molecule has 1 heterocycles. The number of aliphatic hydroxyl groups excluding tert-OH is 1. The molecule has 4 nitrogen and oxygen atoms in total. The number of hydrogen-bond acceptors (Lipinski definition) is 4. The van der Waals surface area contributed by atoms with Crippen LogP contribution in [0.5, 0.6) is 0 Å². The first kappa shape index (κ1) is 13.5. The highest BCUT2D eigenvalue weighted by molar-refractivity contribution is 5.38. The number of pyridine rings is 1. The minimum Gasteiger partial charge on any atom is -0.395 e. The summed E-state index contributed by atoms with van der Waals surface area (Å²) in [7, 11) is 0. The molecule has 0 amide bonds. The van der Waals surface area contributed by atoms with E-state index in [9.17, 15) is 5.11 Å². The second-order valence-electron chi connectivity index (χ2n) is 4.47. The molecule has 19 heavy (non-hydrogen) atoms. The van der Waals surface area contributed by atoms with Gasteiger partial charge in [-0.25, -0.2) is 4.98 Å². The Bertz CT molecular complexity index is 502. The van der Waals surface area contributed by atoms with Gasteiger partial charge in [-0.1, -0.05) is 36.4 Å². The lowest BCUT2D eigenvalue weighted by Gasteiger charge is -2.22. The van der Waals surface area contributed by atoms with Gasteiger partial charge < -0.3 is 10.8 Å². The Kier molecular flexibility index (Phi) is 4.89. The minimum absolute atomic E-state index is 0.132. The highest BCUT2D eigenvalue weighted by atomic mass is 16.3. The number of nitrogens with zero attached hydrogens (tertiary/aromatic N) is 2. The Morgan fingerprint density at radius 3 is 2.53 bits per heavy atom. The Morgan fingerprint density at radius 1 is 1.05 bits per heavy atom. The van der Waals surface area contributed by atoms with E-state index in [0.29, 0.717) is 18.9 Å². The SMILES string of the molecule is Nc1ncccc1CN(CCO)Cc1ccccc1. The van der Waals surface area contributed by atoms with Gasteiger partial charge in [-0.15, -0.1) is 0 Å². The summed E-state index contributed by atoms with van der Waals surface area (Å²) >= 11 is 0. The fourth-order valence-electron chi connectivity index (χ4n) is 2.02. The number of rotatable bonds is 6. The van der Waals surface area contributed by atoms with E-state index in [4.69, 9.17) is 5.73 Å². The maximum atomic E-state index is 9.17. The van der Waals surface area contributed by atoms with Gasteiger partial charge in [0.1, 0.15) is 5.82 Å². The average molecular weight is 257 g/mol. The molecule has 0 bridgehead atoms. The van der Waals surface area contributed by atoms with Crippen molar-refractivity contribution in [1.29, 1.82) is 0 Å². The molecular weight excluding hydrogens is 238 g/mol. The lowest BCUT2D eigenvalue weighted by atomic mass is 10.2. The minimum atomic E-state index is 0.132. The zero-order valence-electron chi connectivity index (χ0n) is 10.9. The number of aliphatic hydroxyl groups is 1. The molecule has 0 aliphatic rings. The summed E-state index contributed by atoms with van der Waals surface area (Å²) in [4.78, 5) is 6.24. The fraction of sp³-hybridized carbons (Fsp3) is 0.267. The predicted molar refractivity (Wildman–Crippen MR) is 76.3 cm³/mol. The molecule has 0 aliphatic carbocycles. The molecule has 0 spiro atoms. The van der Waals surface area contributed by atoms with Crippen LogP contribution in [0.3, 0.4) is 0 Å². The number of aromatic nitrogens is 1. The van der Waals surface area contributed by atoms with Gasteiger partial charge in [-0.05, 0) is 11.6 Å². The van der Waals surface area contributed by atoms with Crippen molar-refractivity contribution in [2.45, 2.75) is 13.1 Å². The van der Waals surface area contributed by atoms with E-state index in [1.54, 1.807) is 6.20 Å². The summed E-state index contributed by atoms with van der Waals surface area (Å²) in [5.41, 5.74) is 8.07. The Balaban J connectivity index is 2.06. The van der Waals surface area contributed by atoms with Crippen molar-refractivity contribution in [3.05, 3.63) is 59.8 Å². The summed E-state index contributed by atoms with van der Waals surface area (Å²) in [5.74, 6) is 0.554. The largest absolute Gasteiger partial charge is 0.395 e. The lowest BCUT2D eigenvalue weighted by Crippen LogP contribution is -2.26. The molecule has 0 atom stereocenters. The van der Waals surface area contributed by atoms with Crippen LogP contribution >= 0.6 is 0 Å². The van der Waals surface area contributed by atoms with E-state index < -0.39 is 0 Å². The van der Waals surface area contributed by atoms with E-state index in [-0.39, 0.29) is 6.61 Å². The number of nitrogen functional groups attached to an aromatic ring is 1. The molecule has 100 valence electrons. The second-order valence-corrected chi connectivity index (χ2v) is 4.47. The first-order valence-electron chi connectivity index (χ1n) is 6.36. The molecule has 3 N–H and O–H groups in total. The van der Waals surface area contributed by atoms with Gasteiger partial charge in [0.25, 0.3) is 0 Å². The Hall–Kier alpha value is -1.91. The van der Waals surface area contributed by atoms with Crippen LogP contribution in [-0.2, 0) is 13.1 Å². The molecule has 0 unspecified atom stereocenters. The van der Waals surface area contributed by atoms with E-state index >= 15 is 0 Å². The number of anilines is 1. The lowest BCUT2D eigenvalue weighted by molar-refractivity contribution is 0.184. The number of nitrogens with two attached hydrogens (primary N) is 1. The molecule has 1 aromatic carbocycles. The smallest absolute Gasteiger partial charge is 0.127 e. The maximum absolute atomic E-state index is 9.17. The Morgan fingerprint density at radius 2 is 1.84 bits per heavy atom. The van der Waals surface area contributed by atoms with Gasteiger partial charge in [0.05, 0.1) is 6.61 Å². The van der Waals surface area contributed by atoms with Gasteiger partial charge >= 0.3 is 0 Å². The third-order valence-electron chi connectivity index (χ3n) is 2.99. The van der Waals surface area contributed by atoms with Crippen molar-refractivity contribution in [2.75, 3.05) is 18.9 Å². The first-order chi connectivity index (χ1) is 9.29. The summed E-state index contributed by atoms with van der Waals surface area (Å²) < 4.78 is 0. The number of benzene rings is 1. The third kappa shape index (κ3) is 4.05. The first-order valence-corrected chi connectivity index (χ1v) is 6.36. The van der Waals surface area contributed by atoms with E-state index in [1.807, 2.05) is 30.3 Å². The molecule has 0 aliphatic heterocycles. The van der Waals surface area contributed by atoms with Gasteiger partial charge in [0.2, 0.25) is 0 Å². The van der Waals surface area contributed by atoms with Crippen LogP contribution in [0.25, 0.3) is 0 Å². The zero-order valence-corrected chi connectivity index (χ0v) is 10.9. The van der Waals surface area contributed by atoms with Crippen LogP contribution < -0.4 is 5.73 Å².